The molecule has 0 aromatic heterocycles. The van der Waals surface area contributed by atoms with E-state index in [9.17, 15) is 20.0 Å². The number of hydrogen-bond donors (Lipinski definition) is 1. The maximum Gasteiger partial charge on any atom is 0.282 e. The summed E-state index contributed by atoms with van der Waals surface area (Å²) < 4.78 is 0. The molecule has 0 spiro atoms. The fraction of sp³-hybridized carbons (Fsp3) is 0.364. The molecule has 0 saturated carbocycles. The Kier molecular flexibility index (Phi) is 3.71. The van der Waals surface area contributed by atoms with E-state index in [-0.39, 0.29) is 17.0 Å². The molecule has 0 radical (unpaired) electrons. The van der Waals surface area contributed by atoms with Crippen molar-refractivity contribution in [3.8, 4) is 5.75 Å². The van der Waals surface area contributed by atoms with E-state index in [0.29, 0.717) is 13.1 Å². The minimum Gasteiger partial charge on any atom is -0.508 e. The zero-order valence-corrected chi connectivity index (χ0v) is 10.4. The second-order valence-corrected chi connectivity index (χ2v) is 5.09. The van der Waals surface area contributed by atoms with Crippen molar-refractivity contribution in [1.82, 2.24) is 4.90 Å². The molecule has 18 heavy (non-hydrogen) atoms. The lowest BCUT2D eigenvalue weighted by atomic mass is 10.1. The molecular formula is C11H12N2O4S. The van der Waals surface area contributed by atoms with Crippen LogP contribution in [0.5, 0.6) is 5.75 Å². The van der Waals surface area contributed by atoms with Gasteiger partial charge in [0.2, 0.25) is 0 Å². The third-order valence-corrected chi connectivity index (χ3v) is 3.65. The van der Waals surface area contributed by atoms with Crippen molar-refractivity contribution in [3.05, 3.63) is 33.9 Å². The first kappa shape index (κ1) is 12.7. The first-order chi connectivity index (χ1) is 8.59. The van der Waals surface area contributed by atoms with Gasteiger partial charge in [0.05, 0.1) is 4.92 Å². The van der Waals surface area contributed by atoms with Gasteiger partial charge in [0, 0.05) is 30.7 Å². The molecule has 1 amide bonds. The molecule has 1 aromatic carbocycles. The second kappa shape index (κ2) is 5.26. The number of nitrogens with zero attached hydrogens (tertiary/aromatic N) is 2. The van der Waals surface area contributed by atoms with E-state index in [4.69, 9.17) is 0 Å². The summed E-state index contributed by atoms with van der Waals surface area (Å²) in [6.45, 7) is 1.16. The number of benzene rings is 1. The SMILES string of the molecule is O=C(c1cc(O)ccc1[N+](=O)[O-])N1CCSCC1. The van der Waals surface area contributed by atoms with Crippen LogP contribution in [0.3, 0.4) is 0 Å². The molecule has 6 nitrogen and oxygen atoms in total. The Bertz CT molecular complexity index is 486. The van der Waals surface area contributed by atoms with E-state index in [1.165, 1.54) is 6.07 Å². The van der Waals surface area contributed by atoms with Gasteiger partial charge in [-0.1, -0.05) is 0 Å². The lowest BCUT2D eigenvalue weighted by Crippen LogP contribution is -2.38. The maximum absolute atomic E-state index is 12.2. The molecule has 0 aliphatic carbocycles. The first-order valence-corrected chi connectivity index (χ1v) is 6.59. The van der Waals surface area contributed by atoms with Gasteiger partial charge < -0.3 is 10.0 Å². The molecule has 1 heterocycles. The third-order valence-electron chi connectivity index (χ3n) is 2.71. The van der Waals surface area contributed by atoms with Gasteiger partial charge in [-0.05, 0) is 12.1 Å². The van der Waals surface area contributed by atoms with Crippen LogP contribution < -0.4 is 0 Å². The number of thioether (sulfide) groups is 1. The van der Waals surface area contributed by atoms with Gasteiger partial charge in [0.15, 0.2) is 0 Å². The average molecular weight is 268 g/mol. The summed E-state index contributed by atoms with van der Waals surface area (Å²) >= 11 is 1.75. The highest BCUT2D eigenvalue weighted by Crippen LogP contribution is 2.25. The van der Waals surface area contributed by atoms with Crippen LogP contribution in [0.25, 0.3) is 0 Å². The monoisotopic (exact) mass is 268 g/mol. The van der Waals surface area contributed by atoms with Gasteiger partial charge in [0.1, 0.15) is 11.3 Å². The van der Waals surface area contributed by atoms with Gasteiger partial charge in [-0.15, -0.1) is 0 Å². The fourth-order valence-electron chi connectivity index (χ4n) is 1.79. The van der Waals surface area contributed by atoms with E-state index in [1.54, 1.807) is 16.7 Å². The van der Waals surface area contributed by atoms with Crippen molar-refractivity contribution in [2.75, 3.05) is 24.6 Å². The highest BCUT2D eigenvalue weighted by molar-refractivity contribution is 7.99. The van der Waals surface area contributed by atoms with Gasteiger partial charge in [-0.3, -0.25) is 14.9 Å². The average Bonchev–Trinajstić information content (AvgIpc) is 2.38. The van der Waals surface area contributed by atoms with Gasteiger partial charge in [0.25, 0.3) is 11.6 Å². The summed E-state index contributed by atoms with van der Waals surface area (Å²) in [4.78, 5) is 24.0. The van der Waals surface area contributed by atoms with E-state index < -0.39 is 10.8 Å². The topological polar surface area (TPSA) is 83.7 Å². The van der Waals surface area contributed by atoms with Crippen molar-refractivity contribution >= 4 is 23.4 Å². The Labute approximate surface area is 108 Å². The van der Waals surface area contributed by atoms with Crippen LogP contribution in [-0.2, 0) is 0 Å². The summed E-state index contributed by atoms with van der Waals surface area (Å²) in [7, 11) is 0. The molecule has 2 rings (SSSR count). The molecule has 1 fully saturated rings. The summed E-state index contributed by atoms with van der Waals surface area (Å²) in [6.07, 6.45) is 0. The van der Waals surface area contributed by atoms with Crippen molar-refractivity contribution in [2.24, 2.45) is 0 Å². The zero-order chi connectivity index (χ0) is 13.1. The van der Waals surface area contributed by atoms with Gasteiger partial charge in [-0.2, -0.15) is 11.8 Å². The van der Waals surface area contributed by atoms with Gasteiger partial charge in [-0.25, -0.2) is 0 Å². The standard InChI is InChI=1S/C11H12N2O4S/c14-8-1-2-10(13(16)17)9(7-8)11(15)12-3-5-18-6-4-12/h1-2,7,14H,3-6H2. The molecular weight excluding hydrogens is 256 g/mol. The Balaban J connectivity index is 2.33. The second-order valence-electron chi connectivity index (χ2n) is 3.86. The molecule has 0 bridgehead atoms. The number of phenolic OH excluding ortho intramolecular Hbond substituents is 1. The molecule has 7 heteroatoms. The van der Waals surface area contributed by atoms with Crippen LogP contribution in [-0.4, -0.2) is 45.4 Å². The zero-order valence-electron chi connectivity index (χ0n) is 9.54. The van der Waals surface area contributed by atoms with Crippen LogP contribution in [0.2, 0.25) is 0 Å². The van der Waals surface area contributed by atoms with Gasteiger partial charge >= 0.3 is 0 Å². The summed E-state index contributed by atoms with van der Waals surface area (Å²) in [5, 5.41) is 20.2. The van der Waals surface area contributed by atoms with Crippen LogP contribution in [0, 0.1) is 10.1 Å². The van der Waals surface area contributed by atoms with E-state index in [0.717, 1.165) is 23.6 Å². The molecule has 0 unspecified atom stereocenters. The van der Waals surface area contributed by atoms with Crippen LogP contribution in [0.1, 0.15) is 10.4 Å². The molecule has 1 N–H and O–H groups in total. The fourth-order valence-corrected chi connectivity index (χ4v) is 2.69. The van der Waals surface area contributed by atoms with Crippen molar-refractivity contribution in [3.63, 3.8) is 0 Å². The Hall–Kier alpha value is -1.76. The molecule has 1 aliphatic heterocycles. The number of carbonyl (C=O) groups is 1. The number of nitro groups is 1. The molecule has 0 atom stereocenters. The predicted molar refractivity (Wildman–Crippen MR) is 68.0 cm³/mol. The quantitative estimate of drug-likeness (QED) is 0.649. The number of carbonyl (C=O) groups excluding carboxylic acids is 1. The molecule has 1 aromatic rings. The van der Waals surface area contributed by atoms with Crippen LogP contribution in [0.4, 0.5) is 5.69 Å². The maximum atomic E-state index is 12.2. The minimum atomic E-state index is -0.606. The minimum absolute atomic E-state index is 0.0492. The van der Waals surface area contributed by atoms with Crippen molar-refractivity contribution in [1.29, 1.82) is 0 Å². The lowest BCUT2D eigenvalue weighted by molar-refractivity contribution is -0.385. The Morgan fingerprint density at radius 1 is 1.39 bits per heavy atom. The number of hydrogen-bond acceptors (Lipinski definition) is 5. The van der Waals surface area contributed by atoms with Crippen LogP contribution >= 0.6 is 11.8 Å². The van der Waals surface area contributed by atoms with Crippen molar-refractivity contribution in [2.45, 2.75) is 0 Å². The Morgan fingerprint density at radius 3 is 2.67 bits per heavy atom. The largest absolute Gasteiger partial charge is 0.508 e. The number of aromatic hydroxyl groups is 1. The molecule has 1 aliphatic rings. The number of phenols is 1. The lowest BCUT2D eigenvalue weighted by Gasteiger charge is -2.26. The molecule has 96 valence electrons. The highest BCUT2D eigenvalue weighted by Gasteiger charge is 2.26. The summed E-state index contributed by atoms with van der Waals surface area (Å²) in [6, 6.07) is 3.52. The number of rotatable bonds is 2. The van der Waals surface area contributed by atoms with Crippen molar-refractivity contribution < 1.29 is 14.8 Å². The molecule has 1 saturated heterocycles. The normalized spacial score (nSPS) is 15.4. The summed E-state index contributed by atoms with van der Waals surface area (Å²) in [5.74, 6) is 1.13. The first-order valence-electron chi connectivity index (χ1n) is 5.44. The van der Waals surface area contributed by atoms with Crippen LogP contribution in [0.15, 0.2) is 18.2 Å². The van der Waals surface area contributed by atoms with E-state index in [1.807, 2.05) is 0 Å². The number of nitro benzene ring substituents is 1. The summed E-state index contributed by atoms with van der Waals surface area (Å²) in [5.41, 5.74) is -0.317. The highest BCUT2D eigenvalue weighted by atomic mass is 32.2. The Morgan fingerprint density at radius 2 is 2.06 bits per heavy atom. The third kappa shape index (κ3) is 2.56. The smallest absolute Gasteiger partial charge is 0.282 e. The van der Waals surface area contributed by atoms with E-state index >= 15 is 0 Å². The number of amides is 1. The predicted octanol–water partition coefficient (Wildman–Crippen LogP) is 1.49. The van der Waals surface area contributed by atoms with E-state index in [2.05, 4.69) is 0 Å².